The number of benzene rings is 2. The highest BCUT2D eigenvalue weighted by atomic mass is 35.5. The maximum atomic E-state index is 12.0. The molecule has 23 heavy (non-hydrogen) atoms. The molecule has 2 aromatic rings. The Morgan fingerprint density at radius 2 is 1.83 bits per heavy atom. The molecule has 0 aliphatic rings. The summed E-state index contributed by atoms with van der Waals surface area (Å²) in [6.45, 7) is 2.32. The largest absolute Gasteiger partial charge is 0.360 e. The van der Waals surface area contributed by atoms with Crippen molar-refractivity contribution >= 4 is 23.2 Å². The molecule has 2 N–H and O–H groups in total. The maximum Gasteiger partial charge on any atom is 0.263 e. The van der Waals surface area contributed by atoms with E-state index >= 15 is 0 Å². The molecule has 0 fully saturated rings. The fourth-order valence-corrected chi connectivity index (χ4v) is 1.96. The smallest absolute Gasteiger partial charge is 0.263 e. The van der Waals surface area contributed by atoms with Gasteiger partial charge < -0.3 is 10.6 Å². The maximum absolute atomic E-state index is 12.0. The molecular weight excluding hydrogens is 310 g/mol. The van der Waals surface area contributed by atoms with E-state index in [-0.39, 0.29) is 5.57 Å². The zero-order chi connectivity index (χ0) is 16.7. The molecule has 0 unspecified atom stereocenters. The van der Waals surface area contributed by atoms with Crippen LogP contribution in [0.2, 0.25) is 5.02 Å². The van der Waals surface area contributed by atoms with Crippen LogP contribution in [0.4, 0.5) is 5.69 Å². The quantitative estimate of drug-likeness (QED) is 0.649. The number of rotatable bonds is 5. The normalized spacial score (nSPS) is 10.7. The van der Waals surface area contributed by atoms with Gasteiger partial charge in [0.15, 0.2) is 0 Å². The van der Waals surface area contributed by atoms with Gasteiger partial charge in [-0.2, -0.15) is 5.26 Å². The average molecular weight is 326 g/mol. The van der Waals surface area contributed by atoms with Gasteiger partial charge in [0.25, 0.3) is 5.91 Å². The second-order valence-electron chi connectivity index (χ2n) is 4.99. The topological polar surface area (TPSA) is 64.9 Å². The third-order valence-electron chi connectivity index (χ3n) is 3.17. The van der Waals surface area contributed by atoms with E-state index in [4.69, 9.17) is 16.9 Å². The van der Waals surface area contributed by atoms with Crippen LogP contribution in [0.5, 0.6) is 0 Å². The first-order chi connectivity index (χ1) is 11.1. The molecule has 0 saturated carbocycles. The van der Waals surface area contributed by atoms with Gasteiger partial charge in [-0.15, -0.1) is 0 Å². The highest BCUT2D eigenvalue weighted by molar-refractivity contribution is 6.30. The number of halogens is 1. The Bertz CT molecular complexity index is 743. The zero-order valence-corrected chi connectivity index (χ0v) is 13.4. The van der Waals surface area contributed by atoms with Crippen molar-refractivity contribution in [2.45, 2.75) is 13.5 Å². The number of aryl methyl sites for hydroxylation is 1. The van der Waals surface area contributed by atoms with Gasteiger partial charge in [-0.1, -0.05) is 41.4 Å². The highest BCUT2D eigenvalue weighted by Gasteiger charge is 2.08. The number of nitriles is 1. The van der Waals surface area contributed by atoms with E-state index in [1.54, 1.807) is 12.1 Å². The number of hydrogen-bond acceptors (Lipinski definition) is 3. The van der Waals surface area contributed by atoms with E-state index in [1.807, 2.05) is 49.4 Å². The molecule has 1 amide bonds. The van der Waals surface area contributed by atoms with Crippen LogP contribution in [0.1, 0.15) is 11.1 Å². The van der Waals surface area contributed by atoms with Crippen LogP contribution in [0.25, 0.3) is 0 Å². The molecule has 0 atom stereocenters. The van der Waals surface area contributed by atoms with Gasteiger partial charge in [0.2, 0.25) is 0 Å². The van der Waals surface area contributed by atoms with E-state index in [0.29, 0.717) is 11.6 Å². The van der Waals surface area contributed by atoms with Crippen LogP contribution < -0.4 is 10.6 Å². The van der Waals surface area contributed by atoms with Crippen molar-refractivity contribution in [1.29, 1.82) is 5.26 Å². The summed E-state index contributed by atoms with van der Waals surface area (Å²) in [4.78, 5) is 12.0. The predicted molar refractivity (Wildman–Crippen MR) is 91.8 cm³/mol. The van der Waals surface area contributed by atoms with E-state index in [1.165, 1.54) is 6.20 Å². The zero-order valence-electron chi connectivity index (χ0n) is 12.6. The van der Waals surface area contributed by atoms with Gasteiger partial charge in [0.1, 0.15) is 11.6 Å². The van der Waals surface area contributed by atoms with Crippen molar-refractivity contribution in [3.05, 3.63) is 76.5 Å². The van der Waals surface area contributed by atoms with Crippen molar-refractivity contribution in [2.75, 3.05) is 5.32 Å². The standard InChI is InChI=1S/C18H16ClN3O/c1-13-2-8-17(9-3-13)21-12-15(10-20)18(23)22-11-14-4-6-16(19)7-5-14/h2-9,12,21H,11H2,1H3,(H,22,23)/b15-12-. The second kappa shape index (κ2) is 8.02. The number of carbonyl (C=O) groups excluding carboxylic acids is 1. The monoisotopic (exact) mass is 325 g/mol. The predicted octanol–water partition coefficient (Wildman–Crippen LogP) is 3.78. The minimum Gasteiger partial charge on any atom is -0.360 e. The number of nitrogens with zero attached hydrogens (tertiary/aromatic N) is 1. The summed E-state index contributed by atoms with van der Waals surface area (Å²) in [5.74, 6) is -0.429. The Balaban J connectivity index is 1.95. The van der Waals surface area contributed by atoms with Crippen LogP contribution in [-0.4, -0.2) is 5.91 Å². The number of nitrogens with one attached hydrogen (secondary N) is 2. The van der Waals surface area contributed by atoms with Crippen LogP contribution in [0.15, 0.2) is 60.3 Å². The Hall–Kier alpha value is -2.77. The summed E-state index contributed by atoms with van der Waals surface area (Å²) >= 11 is 5.81. The first kappa shape index (κ1) is 16.6. The molecule has 2 aromatic carbocycles. The fraction of sp³-hybridized carbons (Fsp3) is 0.111. The molecule has 0 saturated heterocycles. The van der Waals surface area contributed by atoms with E-state index in [0.717, 1.165) is 16.8 Å². The molecule has 0 aliphatic carbocycles. The SMILES string of the molecule is Cc1ccc(N/C=C(/C#N)C(=O)NCc2ccc(Cl)cc2)cc1. The van der Waals surface area contributed by atoms with E-state index in [2.05, 4.69) is 10.6 Å². The molecule has 0 spiro atoms. The molecule has 0 radical (unpaired) electrons. The molecule has 116 valence electrons. The third-order valence-corrected chi connectivity index (χ3v) is 3.42. The van der Waals surface area contributed by atoms with Crippen LogP contribution in [0, 0.1) is 18.3 Å². The molecule has 2 rings (SSSR count). The highest BCUT2D eigenvalue weighted by Crippen LogP contribution is 2.10. The Morgan fingerprint density at radius 3 is 2.43 bits per heavy atom. The minimum absolute atomic E-state index is 0.0135. The van der Waals surface area contributed by atoms with Crippen molar-refractivity contribution < 1.29 is 4.79 Å². The van der Waals surface area contributed by atoms with Gasteiger partial charge >= 0.3 is 0 Å². The molecule has 0 heterocycles. The number of hydrogen-bond donors (Lipinski definition) is 2. The molecule has 5 heteroatoms. The third kappa shape index (κ3) is 5.17. The first-order valence-electron chi connectivity index (χ1n) is 7.04. The average Bonchev–Trinajstić information content (AvgIpc) is 2.56. The van der Waals surface area contributed by atoms with Gasteiger partial charge in [-0.25, -0.2) is 0 Å². The summed E-state index contributed by atoms with van der Waals surface area (Å²) in [5.41, 5.74) is 2.88. The van der Waals surface area contributed by atoms with Crippen molar-refractivity contribution in [1.82, 2.24) is 5.32 Å². The van der Waals surface area contributed by atoms with Crippen molar-refractivity contribution in [2.24, 2.45) is 0 Å². The summed E-state index contributed by atoms with van der Waals surface area (Å²) in [6.07, 6.45) is 1.40. The van der Waals surface area contributed by atoms with Crippen LogP contribution in [-0.2, 0) is 11.3 Å². The lowest BCUT2D eigenvalue weighted by Gasteiger charge is -2.06. The molecule has 0 aliphatic heterocycles. The van der Waals surface area contributed by atoms with Crippen molar-refractivity contribution in [3.63, 3.8) is 0 Å². The summed E-state index contributed by atoms with van der Waals surface area (Å²) in [6, 6.07) is 16.7. The van der Waals surface area contributed by atoms with Crippen LogP contribution >= 0.6 is 11.6 Å². The molecule has 0 bridgehead atoms. The van der Waals surface area contributed by atoms with E-state index < -0.39 is 5.91 Å². The Kier molecular flexibility index (Phi) is 5.79. The lowest BCUT2D eigenvalue weighted by molar-refractivity contribution is -0.117. The number of carbonyl (C=O) groups is 1. The van der Waals surface area contributed by atoms with Crippen molar-refractivity contribution in [3.8, 4) is 6.07 Å². The van der Waals surface area contributed by atoms with E-state index in [9.17, 15) is 4.79 Å². The number of anilines is 1. The summed E-state index contributed by atoms with van der Waals surface area (Å²) < 4.78 is 0. The van der Waals surface area contributed by atoms with Gasteiger partial charge in [-0.3, -0.25) is 4.79 Å². The molecule has 0 aromatic heterocycles. The van der Waals surface area contributed by atoms with Gasteiger partial charge in [0.05, 0.1) is 0 Å². The van der Waals surface area contributed by atoms with Crippen LogP contribution in [0.3, 0.4) is 0 Å². The second-order valence-corrected chi connectivity index (χ2v) is 5.43. The molecule has 4 nitrogen and oxygen atoms in total. The fourth-order valence-electron chi connectivity index (χ4n) is 1.83. The summed E-state index contributed by atoms with van der Waals surface area (Å²) in [5, 5.41) is 15.4. The summed E-state index contributed by atoms with van der Waals surface area (Å²) in [7, 11) is 0. The first-order valence-corrected chi connectivity index (χ1v) is 7.42. The Labute approximate surface area is 140 Å². The molecular formula is C18H16ClN3O. The van der Waals surface area contributed by atoms with Gasteiger partial charge in [-0.05, 0) is 36.8 Å². The number of amides is 1. The minimum atomic E-state index is -0.429. The Morgan fingerprint density at radius 1 is 1.17 bits per heavy atom. The lowest BCUT2D eigenvalue weighted by atomic mass is 10.2. The lowest BCUT2D eigenvalue weighted by Crippen LogP contribution is -2.24. The van der Waals surface area contributed by atoms with Gasteiger partial charge in [0, 0.05) is 23.5 Å².